The molecule has 0 amide bonds. The van der Waals surface area contributed by atoms with Crippen molar-refractivity contribution in [3.63, 3.8) is 0 Å². The zero-order valence-corrected chi connectivity index (χ0v) is 24.9. The summed E-state index contributed by atoms with van der Waals surface area (Å²) in [6.45, 7) is 0. The van der Waals surface area contributed by atoms with E-state index in [4.69, 9.17) is 0 Å². The minimum atomic E-state index is -0.668. The van der Waals surface area contributed by atoms with Crippen LogP contribution in [0.25, 0.3) is 77.7 Å². The fourth-order valence-corrected chi connectivity index (χ4v) is 9.41. The van der Waals surface area contributed by atoms with Gasteiger partial charge in [0.25, 0.3) is 5.82 Å². The van der Waals surface area contributed by atoms with Crippen LogP contribution in [0.5, 0.6) is 0 Å². The molecule has 0 fully saturated rings. The minimum absolute atomic E-state index is 0.668. The number of hydrogen-bond donors (Lipinski definition) is 0. The summed E-state index contributed by atoms with van der Waals surface area (Å²) in [6.07, 6.45) is 10.9. The summed E-state index contributed by atoms with van der Waals surface area (Å²) in [5.41, 5.74) is 12.6. The van der Waals surface area contributed by atoms with Gasteiger partial charge >= 0.3 is 5.66 Å². The van der Waals surface area contributed by atoms with Crippen molar-refractivity contribution in [2.75, 3.05) is 0 Å². The normalized spacial score (nSPS) is 16.6. The lowest BCUT2D eigenvalue weighted by atomic mass is 9.82. The molecule has 3 aliphatic heterocycles. The molecule has 1 spiro atoms. The summed E-state index contributed by atoms with van der Waals surface area (Å²) < 4.78 is 14.6. The van der Waals surface area contributed by atoms with E-state index in [0.717, 1.165) is 22.7 Å². The third-order valence-electron chi connectivity index (χ3n) is 11.0. The standard InChI is InChI=1S/C40H23N7/c1-3-11-30-25(9-1)27-21-28-26-10-2-4-12-31(26)47-35-15-5-6-20-43(35)40-36-32(13-7-14-33(36)46(30)38(27)37(40)39(28)47)44-22-24(23-45(40)44)29-16-17-34-41-18-8-19-42(29)34/h1-23H/q+2. The Balaban J connectivity index is 1.32. The van der Waals surface area contributed by atoms with E-state index < -0.39 is 5.66 Å². The summed E-state index contributed by atoms with van der Waals surface area (Å²) >= 11 is 0. The van der Waals surface area contributed by atoms with Crippen molar-refractivity contribution in [2.45, 2.75) is 5.66 Å². The third-order valence-corrected chi connectivity index (χ3v) is 11.0. The van der Waals surface area contributed by atoms with Gasteiger partial charge in [0, 0.05) is 40.0 Å². The van der Waals surface area contributed by atoms with Crippen LogP contribution in [0, 0.1) is 0 Å². The van der Waals surface area contributed by atoms with Gasteiger partial charge in [0.15, 0.2) is 5.52 Å². The maximum absolute atomic E-state index is 4.61. The molecule has 4 aromatic carbocycles. The number of para-hydroxylation sites is 2. The minimum Gasteiger partial charge on any atom is -0.307 e. The van der Waals surface area contributed by atoms with Crippen LogP contribution in [0.3, 0.4) is 0 Å². The highest BCUT2D eigenvalue weighted by atomic mass is 15.5. The summed E-state index contributed by atoms with van der Waals surface area (Å²) in [5.74, 6) is 1.15. The molecule has 1 unspecified atom stereocenters. The van der Waals surface area contributed by atoms with Gasteiger partial charge in [-0.15, -0.1) is 4.68 Å². The monoisotopic (exact) mass is 601 g/mol. The Morgan fingerprint density at radius 2 is 1.40 bits per heavy atom. The highest BCUT2D eigenvalue weighted by Crippen LogP contribution is 2.54. The Morgan fingerprint density at radius 1 is 0.638 bits per heavy atom. The molecule has 0 radical (unpaired) electrons. The van der Waals surface area contributed by atoms with Crippen molar-refractivity contribution in [1.29, 1.82) is 0 Å². The van der Waals surface area contributed by atoms with E-state index in [1.807, 2.05) is 12.3 Å². The molecule has 0 aliphatic carbocycles. The van der Waals surface area contributed by atoms with Gasteiger partial charge < -0.3 is 8.97 Å². The first-order valence-electron chi connectivity index (χ1n) is 16.1. The van der Waals surface area contributed by atoms with Crippen molar-refractivity contribution in [2.24, 2.45) is 0 Å². The summed E-state index contributed by atoms with van der Waals surface area (Å²) in [5, 5.41) is 5.13. The molecule has 7 heteroatoms. The summed E-state index contributed by atoms with van der Waals surface area (Å²) in [6, 6.07) is 40.0. The lowest BCUT2D eigenvalue weighted by Crippen LogP contribution is -2.76. The predicted molar refractivity (Wildman–Crippen MR) is 181 cm³/mol. The van der Waals surface area contributed by atoms with Crippen LogP contribution in [0.4, 0.5) is 0 Å². The maximum atomic E-state index is 4.61. The largest absolute Gasteiger partial charge is 0.394 e. The van der Waals surface area contributed by atoms with Gasteiger partial charge in [0.05, 0.1) is 40.4 Å². The Labute approximate surface area is 266 Å². The van der Waals surface area contributed by atoms with Gasteiger partial charge in [-0.25, -0.2) is 4.98 Å². The zero-order chi connectivity index (χ0) is 30.2. The van der Waals surface area contributed by atoms with E-state index >= 15 is 0 Å². The fraction of sp³-hybridized carbons (Fsp3) is 0.0250. The van der Waals surface area contributed by atoms with E-state index in [0.29, 0.717) is 0 Å². The van der Waals surface area contributed by atoms with Crippen molar-refractivity contribution in [3.8, 4) is 28.5 Å². The first-order valence-corrected chi connectivity index (χ1v) is 16.1. The molecule has 6 aromatic heterocycles. The zero-order valence-electron chi connectivity index (χ0n) is 24.9. The topological polar surface area (TPSA) is 39.9 Å². The number of hydrogen-bond acceptors (Lipinski definition) is 1. The van der Waals surface area contributed by atoms with Crippen LogP contribution < -0.4 is 9.25 Å². The molecular weight excluding hydrogens is 578 g/mol. The molecule has 0 bridgehead atoms. The second-order valence-electron chi connectivity index (χ2n) is 13.0. The molecule has 0 saturated heterocycles. The van der Waals surface area contributed by atoms with Crippen LogP contribution in [-0.2, 0) is 5.66 Å². The first kappa shape index (κ1) is 23.0. The smallest absolute Gasteiger partial charge is 0.307 e. The first-order chi connectivity index (χ1) is 23.3. The number of rotatable bonds is 1. The van der Waals surface area contributed by atoms with E-state index in [1.165, 1.54) is 66.1 Å². The third kappa shape index (κ3) is 2.27. The van der Waals surface area contributed by atoms with Crippen LogP contribution in [0.2, 0.25) is 0 Å². The lowest BCUT2D eigenvalue weighted by Gasteiger charge is -2.32. The van der Waals surface area contributed by atoms with E-state index in [9.17, 15) is 0 Å². The van der Waals surface area contributed by atoms with Crippen LogP contribution in [-0.4, -0.2) is 23.2 Å². The number of pyridine rings is 1. The molecule has 0 N–H and O–H groups in total. The number of benzene rings is 4. The molecule has 1 atom stereocenters. The number of aromatic nitrogens is 7. The molecule has 0 saturated carbocycles. The highest BCUT2D eigenvalue weighted by molar-refractivity contribution is 6.22. The number of fused-ring (bicyclic) bond motifs is 12. The predicted octanol–water partition coefficient (Wildman–Crippen LogP) is 6.80. The van der Waals surface area contributed by atoms with Gasteiger partial charge in [-0.2, -0.15) is 9.13 Å². The second-order valence-corrected chi connectivity index (χ2v) is 13.0. The molecular formula is C40H23N7+2. The average Bonchev–Trinajstić information content (AvgIpc) is 3.93. The lowest BCUT2D eigenvalue weighted by molar-refractivity contribution is -0.993. The van der Waals surface area contributed by atoms with Gasteiger partial charge in [-0.05, 0) is 60.7 Å². The molecule has 47 heavy (non-hydrogen) atoms. The van der Waals surface area contributed by atoms with E-state index in [1.54, 1.807) is 0 Å². The van der Waals surface area contributed by atoms with Crippen molar-refractivity contribution in [3.05, 3.63) is 151 Å². The van der Waals surface area contributed by atoms with Gasteiger partial charge in [0.1, 0.15) is 28.0 Å². The quantitative estimate of drug-likeness (QED) is 0.191. The van der Waals surface area contributed by atoms with Crippen molar-refractivity contribution < 1.29 is 9.25 Å². The SMILES string of the molecule is c1cc2c3c(c1)-n1cc(-c4ccc5ncccn45)c[n+]1C31c3c4c(cc5c6ccccc6n(c35)-c3cccc[n+]31)c1ccccc1n4-2. The molecule has 3 aliphatic rings. The Bertz CT molecular complexity index is 3060. The molecule has 216 valence electrons. The van der Waals surface area contributed by atoms with Crippen LogP contribution in [0.1, 0.15) is 11.1 Å². The molecule has 7 nitrogen and oxygen atoms in total. The molecule has 10 aromatic rings. The highest BCUT2D eigenvalue weighted by Gasteiger charge is 2.68. The Morgan fingerprint density at radius 3 is 2.28 bits per heavy atom. The molecule has 9 heterocycles. The Hall–Kier alpha value is -6.47. The van der Waals surface area contributed by atoms with Crippen molar-refractivity contribution >= 4 is 49.3 Å². The molecule has 13 rings (SSSR count). The van der Waals surface area contributed by atoms with Gasteiger partial charge in [-0.1, -0.05) is 47.1 Å². The van der Waals surface area contributed by atoms with Crippen molar-refractivity contribution in [1.82, 2.24) is 23.2 Å². The average molecular weight is 602 g/mol. The van der Waals surface area contributed by atoms with Crippen LogP contribution >= 0.6 is 0 Å². The summed E-state index contributed by atoms with van der Waals surface area (Å²) in [7, 11) is 0. The van der Waals surface area contributed by atoms with Gasteiger partial charge in [0.2, 0.25) is 6.20 Å². The van der Waals surface area contributed by atoms with Gasteiger partial charge in [-0.3, -0.25) is 0 Å². The van der Waals surface area contributed by atoms with E-state index in [2.05, 4.69) is 160 Å². The maximum Gasteiger partial charge on any atom is 0.394 e. The fourth-order valence-electron chi connectivity index (χ4n) is 9.41. The summed E-state index contributed by atoms with van der Waals surface area (Å²) in [4.78, 5) is 4.61. The second kappa shape index (κ2) is 7.32. The Kier molecular flexibility index (Phi) is 3.58. The van der Waals surface area contributed by atoms with Crippen LogP contribution in [0.15, 0.2) is 140 Å². The van der Waals surface area contributed by atoms with E-state index in [-0.39, 0.29) is 0 Å². The number of nitrogens with zero attached hydrogens (tertiary/aromatic N) is 7.